The number of amides is 1. The Morgan fingerprint density at radius 2 is 1.86 bits per heavy atom. The van der Waals surface area contributed by atoms with E-state index in [1.165, 1.54) is 23.5 Å². The second kappa shape index (κ2) is 7.55. The third kappa shape index (κ3) is 3.74. The van der Waals surface area contributed by atoms with Gasteiger partial charge in [0.25, 0.3) is 5.91 Å². The smallest absolute Gasteiger partial charge is 0.280 e. The van der Waals surface area contributed by atoms with Gasteiger partial charge >= 0.3 is 0 Å². The molecule has 0 fully saturated rings. The number of sulfonamides is 1. The van der Waals surface area contributed by atoms with Crippen LogP contribution in [0.1, 0.15) is 23.7 Å². The lowest BCUT2D eigenvalue weighted by Crippen LogP contribution is -2.17. The number of benzene rings is 3. The van der Waals surface area contributed by atoms with Gasteiger partial charge in [-0.05, 0) is 41.5 Å². The van der Waals surface area contributed by atoms with E-state index in [2.05, 4.69) is 4.99 Å². The zero-order valence-electron chi connectivity index (χ0n) is 15.7. The van der Waals surface area contributed by atoms with E-state index in [0.29, 0.717) is 16.9 Å². The molecule has 6 nitrogen and oxygen atoms in total. The molecule has 0 aliphatic heterocycles. The number of thiazole rings is 1. The minimum Gasteiger partial charge on any atom is -0.316 e. The van der Waals surface area contributed by atoms with Crippen molar-refractivity contribution in [1.82, 2.24) is 4.57 Å². The van der Waals surface area contributed by atoms with Gasteiger partial charge in [0, 0.05) is 12.1 Å². The van der Waals surface area contributed by atoms with Crippen molar-refractivity contribution in [3.8, 4) is 0 Å². The highest BCUT2D eigenvalue weighted by Crippen LogP contribution is 2.23. The predicted octanol–water partition coefficient (Wildman–Crippen LogP) is 3.65. The van der Waals surface area contributed by atoms with Gasteiger partial charge in [-0.3, -0.25) is 4.79 Å². The third-order valence-corrected chi connectivity index (χ3v) is 6.60. The quantitative estimate of drug-likeness (QED) is 0.541. The van der Waals surface area contributed by atoms with Crippen LogP contribution in [0.4, 0.5) is 0 Å². The van der Waals surface area contributed by atoms with Gasteiger partial charge in [0.15, 0.2) is 4.80 Å². The van der Waals surface area contributed by atoms with Crippen molar-refractivity contribution in [2.45, 2.75) is 24.8 Å². The summed E-state index contributed by atoms with van der Waals surface area (Å²) in [6, 6.07) is 18.0. The number of carbonyl (C=O) groups is 1. The van der Waals surface area contributed by atoms with Gasteiger partial charge in [-0.15, -0.1) is 0 Å². The molecule has 0 aliphatic rings. The summed E-state index contributed by atoms with van der Waals surface area (Å²) >= 11 is 1.28. The minimum atomic E-state index is -3.80. The van der Waals surface area contributed by atoms with Gasteiger partial charge in [-0.2, -0.15) is 4.99 Å². The SMILES string of the molecule is CCCn1c(=NC(=O)c2cccc3ccccc23)sc2cc(S(N)(=O)=O)ccc21. The van der Waals surface area contributed by atoms with E-state index in [0.717, 1.165) is 27.4 Å². The number of rotatable bonds is 4. The Morgan fingerprint density at radius 1 is 1.10 bits per heavy atom. The summed E-state index contributed by atoms with van der Waals surface area (Å²) in [7, 11) is -3.80. The molecule has 1 aromatic heterocycles. The number of primary sulfonamides is 1. The van der Waals surface area contributed by atoms with E-state index in [4.69, 9.17) is 5.14 Å². The van der Waals surface area contributed by atoms with Crippen LogP contribution in [0.3, 0.4) is 0 Å². The van der Waals surface area contributed by atoms with Crippen molar-refractivity contribution in [1.29, 1.82) is 0 Å². The summed E-state index contributed by atoms with van der Waals surface area (Å²) in [6.45, 7) is 2.70. The van der Waals surface area contributed by atoms with Crippen molar-refractivity contribution in [3.63, 3.8) is 0 Å². The Kier molecular flexibility index (Phi) is 5.08. The Balaban J connectivity index is 1.90. The highest BCUT2D eigenvalue weighted by molar-refractivity contribution is 7.89. The van der Waals surface area contributed by atoms with E-state index in [1.807, 2.05) is 47.9 Å². The maximum Gasteiger partial charge on any atom is 0.280 e. The van der Waals surface area contributed by atoms with Gasteiger partial charge in [-0.1, -0.05) is 54.7 Å². The molecule has 4 aromatic rings. The number of hydrogen-bond donors (Lipinski definition) is 1. The Bertz CT molecular complexity index is 1410. The number of nitrogens with two attached hydrogens (primary N) is 1. The first-order chi connectivity index (χ1) is 13.9. The largest absolute Gasteiger partial charge is 0.316 e. The molecule has 0 atom stereocenters. The van der Waals surface area contributed by atoms with Gasteiger partial charge < -0.3 is 4.57 Å². The maximum atomic E-state index is 13.0. The fraction of sp³-hybridized carbons (Fsp3) is 0.143. The van der Waals surface area contributed by atoms with Crippen LogP contribution >= 0.6 is 11.3 Å². The normalized spacial score (nSPS) is 12.7. The molecule has 0 unspecified atom stereocenters. The second-order valence-electron chi connectivity index (χ2n) is 6.65. The van der Waals surface area contributed by atoms with Crippen LogP contribution in [0.5, 0.6) is 0 Å². The fourth-order valence-electron chi connectivity index (χ4n) is 3.31. The standard InChI is InChI=1S/C21H19N3O3S2/c1-2-12-24-18-11-10-15(29(22,26)27)13-19(18)28-21(24)23-20(25)17-9-5-7-14-6-3-4-8-16(14)17/h3-11,13H,2,12H2,1H3,(H2,22,26,27). The molecule has 3 aromatic carbocycles. The molecule has 4 rings (SSSR count). The van der Waals surface area contributed by atoms with E-state index in [-0.39, 0.29) is 10.8 Å². The average Bonchev–Trinajstić information content (AvgIpc) is 3.03. The number of nitrogens with zero attached hydrogens (tertiary/aromatic N) is 2. The second-order valence-corrected chi connectivity index (χ2v) is 9.23. The number of aromatic nitrogens is 1. The van der Waals surface area contributed by atoms with Crippen molar-refractivity contribution >= 4 is 48.3 Å². The molecule has 1 amide bonds. The molecular formula is C21H19N3O3S2. The zero-order chi connectivity index (χ0) is 20.6. The minimum absolute atomic E-state index is 0.0434. The lowest BCUT2D eigenvalue weighted by atomic mass is 10.0. The number of hydrogen-bond acceptors (Lipinski definition) is 4. The molecule has 0 spiro atoms. The Labute approximate surface area is 172 Å². The first-order valence-electron chi connectivity index (χ1n) is 9.11. The summed E-state index contributed by atoms with van der Waals surface area (Å²) in [5.74, 6) is -0.329. The molecule has 0 radical (unpaired) electrons. The first-order valence-corrected chi connectivity index (χ1v) is 11.5. The molecule has 148 valence electrons. The highest BCUT2D eigenvalue weighted by atomic mass is 32.2. The van der Waals surface area contributed by atoms with Crippen LogP contribution < -0.4 is 9.94 Å². The summed E-state index contributed by atoms with van der Waals surface area (Å²) in [6.07, 6.45) is 0.846. The van der Waals surface area contributed by atoms with Gasteiger partial charge in [-0.25, -0.2) is 13.6 Å². The van der Waals surface area contributed by atoms with Crippen LogP contribution in [0.15, 0.2) is 70.6 Å². The highest BCUT2D eigenvalue weighted by Gasteiger charge is 2.14. The maximum absolute atomic E-state index is 13.0. The van der Waals surface area contributed by atoms with Crippen molar-refractivity contribution in [2.24, 2.45) is 10.1 Å². The molecule has 2 N–H and O–H groups in total. The van der Waals surface area contributed by atoms with Crippen LogP contribution in [0, 0.1) is 0 Å². The molecule has 0 saturated carbocycles. The van der Waals surface area contributed by atoms with Gasteiger partial charge in [0.05, 0.1) is 15.1 Å². The number of fused-ring (bicyclic) bond motifs is 2. The van der Waals surface area contributed by atoms with E-state index >= 15 is 0 Å². The topological polar surface area (TPSA) is 94.5 Å². The molecule has 0 saturated heterocycles. The van der Waals surface area contributed by atoms with Crippen molar-refractivity contribution < 1.29 is 13.2 Å². The Morgan fingerprint density at radius 3 is 2.62 bits per heavy atom. The van der Waals surface area contributed by atoms with Crippen LogP contribution in [0.25, 0.3) is 21.0 Å². The molecule has 0 aliphatic carbocycles. The molecule has 8 heteroatoms. The summed E-state index contributed by atoms with van der Waals surface area (Å²) < 4.78 is 26.0. The van der Waals surface area contributed by atoms with E-state index < -0.39 is 10.0 Å². The van der Waals surface area contributed by atoms with E-state index in [1.54, 1.807) is 12.1 Å². The Hall–Kier alpha value is -2.81. The van der Waals surface area contributed by atoms with Gasteiger partial charge in [0.1, 0.15) is 0 Å². The third-order valence-electron chi connectivity index (χ3n) is 4.65. The van der Waals surface area contributed by atoms with Gasteiger partial charge in [0.2, 0.25) is 10.0 Å². The van der Waals surface area contributed by atoms with Crippen molar-refractivity contribution in [3.05, 3.63) is 71.0 Å². The number of aryl methyl sites for hydroxylation is 1. The van der Waals surface area contributed by atoms with Crippen LogP contribution in [-0.2, 0) is 16.6 Å². The zero-order valence-corrected chi connectivity index (χ0v) is 17.3. The predicted molar refractivity (Wildman–Crippen MR) is 115 cm³/mol. The lowest BCUT2D eigenvalue weighted by molar-refractivity contribution is 0.0999. The summed E-state index contributed by atoms with van der Waals surface area (Å²) in [5.41, 5.74) is 1.36. The molecular weight excluding hydrogens is 406 g/mol. The number of carbonyl (C=O) groups excluding carboxylic acids is 1. The molecule has 1 heterocycles. The fourth-order valence-corrected chi connectivity index (χ4v) is 5.02. The van der Waals surface area contributed by atoms with Crippen molar-refractivity contribution in [2.75, 3.05) is 0 Å². The molecule has 29 heavy (non-hydrogen) atoms. The van der Waals surface area contributed by atoms with E-state index in [9.17, 15) is 13.2 Å². The average molecular weight is 426 g/mol. The summed E-state index contributed by atoms with van der Waals surface area (Å²) in [4.78, 5) is 18.0. The summed E-state index contributed by atoms with van der Waals surface area (Å²) in [5, 5.41) is 7.08. The molecule has 0 bridgehead atoms. The van der Waals surface area contributed by atoms with Crippen LogP contribution in [-0.4, -0.2) is 18.9 Å². The monoisotopic (exact) mass is 425 g/mol. The first kappa shape index (κ1) is 19.5. The van der Waals surface area contributed by atoms with Crippen LogP contribution in [0.2, 0.25) is 0 Å². The lowest BCUT2D eigenvalue weighted by Gasteiger charge is -2.04.